The van der Waals surface area contributed by atoms with Crippen LogP contribution >= 0.6 is 0 Å². The molecule has 0 saturated carbocycles. The molecular formula is C9H11NO7. The fraction of sp³-hybridized carbons (Fsp3) is 0.333. The zero-order valence-corrected chi connectivity index (χ0v) is 8.97. The van der Waals surface area contributed by atoms with Gasteiger partial charge in [0, 0.05) is 12.2 Å². The minimum absolute atomic E-state index is 0.561. The fourth-order valence-corrected chi connectivity index (χ4v) is 0.614. The van der Waals surface area contributed by atoms with Gasteiger partial charge in [0.05, 0.1) is 7.11 Å². The Kier molecular flexibility index (Phi) is 6.75. The summed E-state index contributed by atoms with van der Waals surface area (Å²) in [6, 6.07) is 0. The second-order valence-corrected chi connectivity index (χ2v) is 2.63. The molecule has 0 aliphatic carbocycles. The van der Waals surface area contributed by atoms with Gasteiger partial charge in [-0.05, 0) is 0 Å². The van der Waals surface area contributed by atoms with Crippen LogP contribution in [0, 0.1) is 0 Å². The Bertz CT molecular complexity index is 347. The highest BCUT2D eigenvalue weighted by atomic mass is 16.5. The van der Waals surface area contributed by atoms with E-state index in [9.17, 15) is 19.2 Å². The van der Waals surface area contributed by atoms with E-state index in [4.69, 9.17) is 5.11 Å². The summed E-state index contributed by atoms with van der Waals surface area (Å²) >= 11 is 0. The summed E-state index contributed by atoms with van der Waals surface area (Å²) in [4.78, 5) is 42.4. The highest BCUT2D eigenvalue weighted by molar-refractivity contribution is 5.92. The molecule has 0 bridgehead atoms. The Balaban J connectivity index is 3.84. The van der Waals surface area contributed by atoms with E-state index in [2.05, 4.69) is 9.47 Å². The maximum atomic E-state index is 10.9. The number of carboxylic acids is 1. The lowest BCUT2D eigenvalue weighted by atomic mass is 10.5. The van der Waals surface area contributed by atoms with Crippen molar-refractivity contribution < 1.29 is 33.8 Å². The number of methoxy groups -OCH3 is 1. The third kappa shape index (κ3) is 8.60. The van der Waals surface area contributed by atoms with Gasteiger partial charge in [-0.25, -0.2) is 9.59 Å². The van der Waals surface area contributed by atoms with E-state index in [-0.39, 0.29) is 0 Å². The number of hydrogen-bond acceptors (Lipinski definition) is 6. The van der Waals surface area contributed by atoms with Gasteiger partial charge in [-0.3, -0.25) is 9.59 Å². The lowest BCUT2D eigenvalue weighted by molar-refractivity contribution is -0.145. The molecular weight excluding hydrogens is 234 g/mol. The molecule has 1 amide bonds. The van der Waals surface area contributed by atoms with Crippen molar-refractivity contribution in [3.05, 3.63) is 12.2 Å². The Labute approximate surface area is 96.2 Å². The topological polar surface area (TPSA) is 119 Å². The van der Waals surface area contributed by atoms with Gasteiger partial charge >= 0.3 is 17.9 Å². The summed E-state index contributed by atoms with van der Waals surface area (Å²) in [7, 11) is 1.14. The van der Waals surface area contributed by atoms with Gasteiger partial charge in [-0.1, -0.05) is 0 Å². The Hall–Kier alpha value is -2.38. The predicted octanol–water partition coefficient (Wildman–Crippen LogP) is -1.54. The quantitative estimate of drug-likeness (QED) is 0.430. The normalized spacial score (nSPS) is 9.71. The molecule has 94 valence electrons. The number of carbonyl (C=O) groups excluding carboxylic acids is 3. The van der Waals surface area contributed by atoms with Crippen molar-refractivity contribution in [1.29, 1.82) is 0 Å². The molecule has 0 aromatic heterocycles. The van der Waals surface area contributed by atoms with E-state index in [1.165, 1.54) is 0 Å². The van der Waals surface area contributed by atoms with Crippen LogP contribution in [0.5, 0.6) is 0 Å². The second-order valence-electron chi connectivity index (χ2n) is 2.63. The van der Waals surface area contributed by atoms with Gasteiger partial charge in [-0.15, -0.1) is 0 Å². The van der Waals surface area contributed by atoms with E-state index in [1.54, 1.807) is 0 Å². The molecule has 0 aliphatic heterocycles. The first-order valence-electron chi connectivity index (χ1n) is 4.37. The smallest absolute Gasteiger partial charge is 0.331 e. The molecule has 17 heavy (non-hydrogen) atoms. The zero-order valence-electron chi connectivity index (χ0n) is 8.97. The number of esters is 2. The Morgan fingerprint density at radius 1 is 1.18 bits per heavy atom. The lowest BCUT2D eigenvalue weighted by Crippen LogP contribution is -2.32. The standard InChI is InChI=1S/C9H11NO7/c1-16-8(14)2-3-9(15)17-5-6(11)10-4-7(12)13/h2-3H,4-5H2,1H3,(H,10,11)(H,12,13). The van der Waals surface area contributed by atoms with Crippen molar-refractivity contribution in [1.82, 2.24) is 5.32 Å². The van der Waals surface area contributed by atoms with Crippen LogP contribution in [0.2, 0.25) is 0 Å². The first kappa shape index (κ1) is 14.6. The van der Waals surface area contributed by atoms with Crippen LogP contribution in [0.3, 0.4) is 0 Å². The van der Waals surface area contributed by atoms with Crippen molar-refractivity contribution >= 4 is 23.8 Å². The van der Waals surface area contributed by atoms with Crippen molar-refractivity contribution in [3.63, 3.8) is 0 Å². The van der Waals surface area contributed by atoms with E-state index in [0.29, 0.717) is 0 Å². The highest BCUT2D eigenvalue weighted by Crippen LogP contribution is 1.84. The van der Waals surface area contributed by atoms with Gasteiger partial charge < -0.3 is 19.9 Å². The van der Waals surface area contributed by atoms with Crippen LogP contribution in [-0.2, 0) is 28.7 Å². The molecule has 8 heteroatoms. The molecule has 0 aromatic rings. The van der Waals surface area contributed by atoms with Crippen molar-refractivity contribution in [2.24, 2.45) is 0 Å². The van der Waals surface area contributed by atoms with Gasteiger partial charge in [0.25, 0.3) is 5.91 Å². The summed E-state index contributed by atoms with van der Waals surface area (Å²) in [6.45, 7) is -1.19. The van der Waals surface area contributed by atoms with Crippen molar-refractivity contribution in [2.75, 3.05) is 20.3 Å². The molecule has 0 unspecified atom stereocenters. The number of aliphatic carboxylic acids is 1. The van der Waals surface area contributed by atoms with Crippen LogP contribution in [0.15, 0.2) is 12.2 Å². The number of rotatable bonds is 6. The summed E-state index contributed by atoms with van der Waals surface area (Å²) < 4.78 is 8.61. The van der Waals surface area contributed by atoms with Crippen LogP contribution in [0.1, 0.15) is 0 Å². The average molecular weight is 245 g/mol. The summed E-state index contributed by atoms with van der Waals surface area (Å²) in [5.74, 6) is -3.62. The molecule has 8 nitrogen and oxygen atoms in total. The third-order valence-corrected chi connectivity index (χ3v) is 1.34. The first-order valence-corrected chi connectivity index (χ1v) is 4.37. The molecule has 0 aromatic carbocycles. The van der Waals surface area contributed by atoms with Crippen LogP contribution < -0.4 is 5.32 Å². The minimum atomic E-state index is -1.21. The summed E-state index contributed by atoms with van der Waals surface area (Å²) in [5.41, 5.74) is 0. The van der Waals surface area contributed by atoms with E-state index < -0.39 is 37.0 Å². The average Bonchev–Trinajstić information content (AvgIpc) is 2.30. The zero-order chi connectivity index (χ0) is 13.3. The molecule has 0 radical (unpaired) electrons. The monoisotopic (exact) mass is 245 g/mol. The fourth-order valence-electron chi connectivity index (χ4n) is 0.614. The first-order chi connectivity index (χ1) is 7.95. The molecule has 0 atom stereocenters. The maximum absolute atomic E-state index is 10.9. The molecule has 0 heterocycles. The van der Waals surface area contributed by atoms with Crippen molar-refractivity contribution in [3.8, 4) is 0 Å². The number of nitrogens with one attached hydrogen (secondary N) is 1. The SMILES string of the molecule is COC(=O)C=CC(=O)OCC(=O)NCC(=O)O. The van der Waals surface area contributed by atoms with Gasteiger partial charge in [0.1, 0.15) is 6.54 Å². The number of hydrogen-bond donors (Lipinski definition) is 2. The molecule has 0 spiro atoms. The third-order valence-electron chi connectivity index (χ3n) is 1.34. The van der Waals surface area contributed by atoms with Crippen molar-refractivity contribution in [2.45, 2.75) is 0 Å². The molecule has 0 saturated heterocycles. The van der Waals surface area contributed by atoms with Gasteiger partial charge in [-0.2, -0.15) is 0 Å². The van der Waals surface area contributed by atoms with E-state index >= 15 is 0 Å². The van der Waals surface area contributed by atoms with E-state index in [1.807, 2.05) is 5.32 Å². The van der Waals surface area contributed by atoms with Gasteiger partial charge in [0.15, 0.2) is 6.61 Å². The molecule has 0 aliphatic rings. The molecule has 2 N–H and O–H groups in total. The Morgan fingerprint density at radius 2 is 1.76 bits per heavy atom. The predicted molar refractivity (Wildman–Crippen MR) is 52.8 cm³/mol. The molecule has 0 fully saturated rings. The highest BCUT2D eigenvalue weighted by Gasteiger charge is 2.06. The second kappa shape index (κ2) is 7.85. The maximum Gasteiger partial charge on any atom is 0.331 e. The van der Waals surface area contributed by atoms with Gasteiger partial charge in [0.2, 0.25) is 0 Å². The number of amides is 1. The van der Waals surface area contributed by atoms with Crippen LogP contribution in [0.4, 0.5) is 0 Å². The summed E-state index contributed by atoms with van der Waals surface area (Å²) in [5, 5.41) is 10.2. The minimum Gasteiger partial charge on any atom is -0.480 e. The Morgan fingerprint density at radius 3 is 2.29 bits per heavy atom. The number of ether oxygens (including phenoxy) is 2. The molecule has 0 rings (SSSR count). The summed E-state index contributed by atoms with van der Waals surface area (Å²) in [6.07, 6.45) is 1.62. The largest absolute Gasteiger partial charge is 0.480 e. The van der Waals surface area contributed by atoms with Crippen LogP contribution in [-0.4, -0.2) is 49.2 Å². The van der Waals surface area contributed by atoms with Crippen LogP contribution in [0.25, 0.3) is 0 Å². The number of carbonyl (C=O) groups is 4. The lowest BCUT2D eigenvalue weighted by Gasteiger charge is -2.02. The number of carboxylic acid groups (broad SMARTS) is 1. The van der Waals surface area contributed by atoms with E-state index in [0.717, 1.165) is 19.3 Å².